The quantitative estimate of drug-likeness (QED) is 0.376. The van der Waals surface area contributed by atoms with Crippen LogP contribution in [0.15, 0.2) is 47.5 Å². The third-order valence-corrected chi connectivity index (χ3v) is 3.37. The number of nitrogens with one attached hydrogen (secondary N) is 2. The lowest BCUT2D eigenvalue weighted by Crippen LogP contribution is -2.36. The first kappa shape index (κ1) is 20.3. The molecule has 24 heavy (non-hydrogen) atoms. The summed E-state index contributed by atoms with van der Waals surface area (Å²) in [6.45, 7) is 0.363. The van der Waals surface area contributed by atoms with Gasteiger partial charge in [0.2, 0.25) is 0 Å². The predicted molar refractivity (Wildman–Crippen MR) is 101 cm³/mol. The maximum Gasteiger partial charge on any atom is 0.191 e. The average molecular weight is 447 g/mol. The fourth-order valence-electron chi connectivity index (χ4n) is 2.09. The van der Waals surface area contributed by atoms with E-state index >= 15 is 0 Å². The Kier molecular flexibility index (Phi) is 8.62. The molecule has 0 aromatic heterocycles. The number of hydrogen-bond donors (Lipinski definition) is 3. The zero-order valence-corrected chi connectivity index (χ0v) is 15.6. The second kappa shape index (κ2) is 10.2. The number of benzene rings is 2. The minimum Gasteiger partial charge on any atom is -0.392 e. The van der Waals surface area contributed by atoms with E-state index in [1.165, 1.54) is 12.1 Å². The van der Waals surface area contributed by atoms with Crippen molar-refractivity contribution in [2.24, 2.45) is 4.99 Å². The molecule has 0 saturated heterocycles. The first-order valence-electron chi connectivity index (χ1n) is 7.20. The number of nitrogens with zero attached hydrogens (tertiary/aromatic N) is 1. The number of aliphatic hydroxyl groups is 1. The summed E-state index contributed by atoms with van der Waals surface area (Å²) in [4.78, 5) is 4.06. The van der Waals surface area contributed by atoms with Gasteiger partial charge in [-0.15, -0.1) is 24.0 Å². The van der Waals surface area contributed by atoms with Gasteiger partial charge in [0.1, 0.15) is 11.6 Å². The molecule has 2 aromatic carbocycles. The zero-order chi connectivity index (χ0) is 16.7. The molecule has 0 aliphatic carbocycles. The van der Waals surface area contributed by atoms with E-state index in [1.807, 2.05) is 0 Å². The van der Waals surface area contributed by atoms with Gasteiger partial charge in [-0.2, -0.15) is 0 Å². The molecular weight excluding hydrogens is 427 g/mol. The van der Waals surface area contributed by atoms with E-state index in [2.05, 4.69) is 15.6 Å². The van der Waals surface area contributed by atoms with Crippen molar-refractivity contribution >= 4 is 29.9 Å². The van der Waals surface area contributed by atoms with Crippen molar-refractivity contribution in [1.82, 2.24) is 10.6 Å². The van der Waals surface area contributed by atoms with Gasteiger partial charge in [0.15, 0.2) is 5.96 Å². The second-order valence-corrected chi connectivity index (χ2v) is 4.95. The van der Waals surface area contributed by atoms with Crippen molar-refractivity contribution in [3.05, 3.63) is 70.8 Å². The van der Waals surface area contributed by atoms with E-state index < -0.39 is 5.82 Å². The Balaban J connectivity index is 0.00000288. The first-order valence-corrected chi connectivity index (χ1v) is 7.20. The van der Waals surface area contributed by atoms with Gasteiger partial charge < -0.3 is 15.7 Å². The van der Waals surface area contributed by atoms with E-state index in [4.69, 9.17) is 5.11 Å². The summed E-state index contributed by atoms with van der Waals surface area (Å²) < 4.78 is 26.9. The molecule has 0 fully saturated rings. The number of aliphatic hydroxyl groups excluding tert-OH is 1. The molecule has 0 bridgehead atoms. The normalized spacial score (nSPS) is 10.9. The third kappa shape index (κ3) is 5.72. The second-order valence-electron chi connectivity index (χ2n) is 4.95. The average Bonchev–Trinajstić information content (AvgIpc) is 2.57. The van der Waals surface area contributed by atoms with E-state index in [0.29, 0.717) is 24.6 Å². The lowest BCUT2D eigenvalue weighted by Gasteiger charge is -2.13. The van der Waals surface area contributed by atoms with Crippen LogP contribution in [0.3, 0.4) is 0 Å². The molecule has 0 saturated carbocycles. The summed E-state index contributed by atoms with van der Waals surface area (Å²) in [7, 11) is 1.61. The van der Waals surface area contributed by atoms with E-state index in [1.54, 1.807) is 37.4 Å². The number of guanidine groups is 1. The molecule has 2 rings (SSSR count). The molecule has 130 valence electrons. The molecule has 0 spiro atoms. The molecular formula is C17H20F2IN3O. The highest BCUT2D eigenvalue weighted by atomic mass is 127. The van der Waals surface area contributed by atoms with Crippen LogP contribution in [-0.4, -0.2) is 18.1 Å². The number of hydrogen-bond acceptors (Lipinski definition) is 2. The van der Waals surface area contributed by atoms with Gasteiger partial charge in [-0.25, -0.2) is 8.78 Å². The van der Waals surface area contributed by atoms with Crippen LogP contribution in [0, 0.1) is 11.6 Å². The van der Waals surface area contributed by atoms with Gasteiger partial charge in [0.25, 0.3) is 0 Å². The summed E-state index contributed by atoms with van der Waals surface area (Å²) in [6.07, 6.45) is 0. The van der Waals surface area contributed by atoms with Crippen molar-refractivity contribution in [3.8, 4) is 0 Å². The van der Waals surface area contributed by atoms with Crippen LogP contribution in [-0.2, 0) is 19.7 Å². The van der Waals surface area contributed by atoms with E-state index in [0.717, 1.165) is 5.56 Å². The largest absolute Gasteiger partial charge is 0.392 e. The molecule has 0 radical (unpaired) electrons. The molecule has 0 amide bonds. The van der Waals surface area contributed by atoms with Crippen molar-refractivity contribution < 1.29 is 13.9 Å². The molecule has 2 aromatic rings. The highest BCUT2D eigenvalue weighted by Crippen LogP contribution is 2.10. The number of halogens is 3. The third-order valence-electron chi connectivity index (χ3n) is 3.37. The standard InChI is InChI=1S/C17H19F2N3O.HI/c1-20-17(22-10-13-4-2-3-5-15(13)18)21-9-12-6-7-16(19)14(8-12)11-23;/h2-8,23H,9-11H2,1H3,(H2,20,21,22);1H. The minimum absolute atomic E-state index is 0. The fraction of sp³-hybridized carbons (Fsp3) is 0.235. The highest BCUT2D eigenvalue weighted by Gasteiger charge is 2.05. The Bertz CT molecular complexity index is 695. The van der Waals surface area contributed by atoms with Crippen molar-refractivity contribution in [2.45, 2.75) is 19.7 Å². The summed E-state index contributed by atoms with van der Waals surface area (Å²) in [5, 5.41) is 15.1. The van der Waals surface area contributed by atoms with Crippen LogP contribution in [0.2, 0.25) is 0 Å². The SMILES string of the molecule is CN=C(NCc1ccc(F)c(CO)c1)NCc1ccccc1F.I. The topological polar surface area (TPSA) is 56.7 Å². The van der Waals surface area contributed by atoms with E-state index in [-0.39, 0.29) is 42.0 Å². The smallest absolute Gasteiger partial charge is 0.191 e. The van der Waals surface area contributed by atoms with Crippen LogP contribution in [0.1, 0.15) is 16.7 Å². The number of aliphatic imine (C=N–C) groups is 1. The molecule has 0 atom stereocenters. The molecule has 0 aliphatic heterocycles. The van der Waals surface area contributed by atoms with Crippen LogP contribution < -0.4 is 10.6 Å². The van der Waals surface area contributed by atoms with Gasteiger partial charge >= 0.3 is 0 Å². The summed E-state index contributed by atoms with van der Waals surface area (Å²) in [5.74, 6) is -0.206. The minimum atomic E-state index is -0.432. The van der Waals surface area contributed by atoms with Gasteiger partial charge in [-0.1, -0.05) is 24.3 Å². The van der Waals surface area contributed by atoms with Crippen LogP contribution in [0.5, 0.6) is 0 Å². The Morgan fingerprint density at radius 1 is 1.00 bits per heavy atom. The monoisotopic (exact) mass is 447 g/mol. The number of rotatable bonds is 5. The van der Waals surface area contributed by atoms with Gasteiger partial charge in [0.05, 0.1) is 6.61 Å². The molecule has 7 heteroatoms. The Labute approximate surface area is 157 Å². The Morgan fingerprint density at radius 2 is 1.67 bits per heavy atom. The zero-order valence-electron chi connectivity index (χ0n) is 13.2. The van der Waals surface area contributed by atoms with Crippen LogP contribution in [0.4, 0.5) is 8.78 Å². The summed E-state index contributed by atoms with van der Waals surface area (Å²) in [5.41, 5.74) is 1.60. The van der Waals surface area contributed by atoms with Crippen molar-refractivity contribution in [2.75, 3.05) is 7.05 Å². The van der Waals surface area contributed by atoms with E-state index in [9.17, 15) is 8.78 Å². The van der Waals surface area contributed by atoms with Crippen LogP contribution in [0.25, 0.3) is 0 Å². The Hall–Kier alpha value is -1.74. The van der Waals surface area contributed by atoms with Gasteiger partial charge in [0, 0.05) is 31.3 Å². The molecule has 0 unspecified atom stereocenters. The van der Waals surface area contributed by atoms with Gasteiger partial charge in [-0.05, 0) is 23.8 Å². The molecule has 4 nitrogen and oxygen atoms in total. The maximum atomic E-state index is 13.6. The lowest BCUT2D eigenvalue weighted by atomic mass is 10.1. The molecule has 0 heterocycles. The summed E-state index contributed by atoms with van der Waals surface area (Å²) >= 11 is 0. The summed E-state index contributed by atoms with van der Waals surface area (Å²) in [6, 6.07) is 11.0. The Morgan fingerprint density at radius 3 is 2.33 bits per heavy atom. The van der Waals surface area contributed by atoms with Crippen LogP contribution >= 0.6 is 24.0 Å². The predicted octanol–water partition coefficient (Wildman–Crippen LogP) is 2.94. The van der Waals surface area contributed by atoms with Crippen molar-refractivity contribution in [1.29, 1.82) is 0 Å². The van der Waals surface area contributed by atoms with Crippen molar-refractivity contribution in [3.63, 3.8) is 0 Å². The molecule has 3 N–H and O–H groups in total. The maximum absolute atomic E-state index is 13.6. The first-order chi connectivity index (χ1) is 11.1. The molecule has 0 aliphatic rings. The van der Waals surface area contributed by atoms with Gasteiger partial charge in [-0.3, -0.25) is 4.99 Å². The highest BCUT2D eigenvalue weighted by molar-refractivity contribution is 14.0. The fourth-order valence-corrected chi connectivity index (χ4v) is 2.09. The lowest BCUT2D eigenvalue weighted by molar-refractivity contribution is 0.275.